The third-order valence-corrected chi connectivity index (χ3v) is 7.17. The maximum absolute atomic E-state index is 13.2. The van der Waals surface area contributed by atoms with Crippen molar-refractivity contribution in [3.05, 3.63) is 122 Å². The largest absolute Gasteiger partial charge is 0.489 e. The molecule has 5 aromatic rings. The lowest BCUT2D eigenvalue weighted by molar-refractivity contribution is 0.0697. The molecule has 0 aliphatic heterocycles. The monoisotopic (exact) mass is 598 g/mol. The Balaban J connectivity index is 1.37. The predicted molar refractivity (Wildman–Crippen MR) is 159 cm³/mol. The van der Waals surface area contributed by atoms with Crippen LogP contribution in [0.15, 0.2) is 87.2 Å². The van der Waals surface area contributed by atoms with Crippen molar-refractivity contribution in [3.63, 3.8) is 0 Å². The summed E-state index contributed by atoms with van der Waals surface area (Å²) in [5.74, 6) is 0.349. The number of hydrogen-bond acceptors (Lipinski definition) is 5. The Hall–Kier alpha value is -4.50. The molecule has 0 aliphatic rings. The molecule has 3 aromatic carbocycles. The lowest BCUT2D eigenvalue weighted by atomic mass is 10.1. The molecule has 2 heterocycles. The van der Waals surface area contributed by atoms with Gasteiger partial charge < -0.3 is 14.4 Å². The molecule has 2 aromatic heterocycles. The third kappa shape index (κ3) is 5.46. The first-order valence-electron chi connectivity index (χ1n) is 12.7. The highest BCUT2D eigenvalue weighted by atomic mass is 79.9. The van der Waals surface area contributed by atoms with Crippen molar-refractivity contribution in [1.82, 2.24) is 14.2 Å². The van der Waals surface area contributed by atoms with Gasteiger partial charge in [-0.25, -0.2) is 9.78 Å². The number of rotatable bonds is 8. The number of aryl methyl sites for hydroxylation is 2. The smallest absolute Gasteiger partial charge is 0.335 e. The van der Waals surface area contributed by atoms with Crippen LogP contribution in [-0.2, 0) is 13.0 Å². The predicted octanol–water partition coefficient (Wildman–Crippen LogP) is 6.29. The summed E-state index contributed by atoms with van der Waals surface area (Å²) in [4.78, 5) is 28.9. The molecule has 202 valence electrons. The molecule has 0 bridgehead atoms. The Bertz CT molecular complexity index is 1800. The summed E-state index contributed by atoms with van der Waals surface area (Å²) in [7, 11) is 0. The van der Waals surface area contributed by atoms with Gasteiger partial charge in [0.1, 0.15) is 18.2 Å². The van der Waals surface area contributed by atoms with Gasteiger partial charge in [0.05, 0.1) is 22.7 Å². The van der Waals surface area contributed by atoms with Crippen LogP contribution in [0.5, 0.6) is 5.75 Å². The zero-order valence-corrected chi connectivity index (χ0v) is 23.8. The Labute approximate surface area is 239 Å². The van der Waals surface area contributed by atoms with Crippen LogP contribution >= 0.6 is 15.9 Å². The van der Waals surface area contributed by atoms with Gasteiger partial charge in [-0.2, -0.15) is 9.78 Å². The fourth-order valence-corrected chi connectivity index (χ4v) is 4.94. The number of carbonyl (C=O) groups is 1. The standard InChI is InChI=1S/C31H27BrN4O4/c1-4-29-34-28-14-9-24(32)16-27(28)30(37)36(29)33-17-23-15-19(2)35(20(23)3)25-10-12-26(13-11-25)40-18-21-5-7-22(8-6-21)31(38)39/h5-17H,4,18H2,1-3H3,(H,38,39). The van der Waals surface area contributed by atoms with E-state index in [9.17, 15) is 9.59 Å². The number of benzene rings is 3. The fraction of sp³-hybridized carbons (Fsp3) is 0.161. The normalized spacial score (nSPS) is 11.4. The summed E-state index contributed by atoms with van der Waals surface area (Å²) < 4.78 is 10.2. The zero-order valence-electron chi connectivity index (χ0n) is 22.3. The minimum absolute atomic E-state index is 0.207. The first-order valence-corrected chi connectivity index (χ1v) is 13.5. The molecule has 1 N–H and O–H groups in total. The fourth-order valence-electron chi connectivity index (χ4n) is 4.58. The first-order chi connectivity index (χ1) is 19.2. The highest BCUT2D eigenvalue weighted by Gasteiger charge is 2.12. The average molecular weight is 599 g/mol. The molecular formula is C31H27BrN4O4. The summed E-state index contributed by atoms with van der Waals surface area (Å²) in [6, 6.07) is 21.9. The van der Waals surface area contributed by atoms with E-state index in [0.29, 0.717) is 35.5 Å². The Morgan fingerprint density at radius 1 is 1.05 bits per heavy atom. The summed E-state index contributed by atoms with van der Waals surface area (Å²) >= 11 is 3.43. The summed E-state index contributed by atoms with van der Waals surface area (Å²) in [6.45, 7) is 6.32. The molecule has 0 spiro atoms. The van der Waals surface area contributed by atoms with Gasteiger partial charge in [0.15, 0.2) is 0 Å². The molecule has 0 saturated heterocycles. The molecule has 0 saturated carbocycles. The Morgan fingerprint density at radius 3 is 2.45 bits per heavy atom. The van der Waals surface area contributed by atoms with E-state index in [1.165, 1.54) is 4.68 Å². The molecule has 0 aliphatic carbocycles. The van der Waals surface area contributed by atoms with E-state index < -0.39 is 5.97 Å². The molecule has 40 heavy (non-hydrogen) atoms. The number of ether oxygens (including phenoxy) is 1. The van der Waals surface area contributed by atoms with E-state index in [1.54, 1.807) is 36.5 Å². The summed E-state index contributed by atoms with van der Waals surface area (Å²) in [5.41, 5.74) is 5.44. The quantitative estimate of drug-likeness (QED) is 0.212. The van der Waals surface area contributed by atoms with Crippen LogP contribution in [0.3, 0.4) is 0 Å². The van der Waals surface area contributed by atoms with Crippen molar-refractivity contribution in [3.8, 4) is 11.4 Å². The average Bonchev–Trinajstić information content (AvgIpc) is 3.24. The van der Waals surface area contributed by atoms with Crippen LogP contribution in [-0.4, -0.2) is 31.5 Å². The molecule has 9 heteroatoms. The van der Waals surface area contributed by atoms with E-state index in [0.717, 1.165) is 32.7 Å². The van der Waals surface area contributed by atoms with Crippen molar-refractivity contribution < 1.29 is 14.6 Å². The zero-order chi connectivity index (χ0) is 28.4. The second-order valence-corrected chi connectivity index (χ2v) is 10.3. The van der Waals surface area contributed by atoms with E-state index in [4.69, 9.17) is 9.84 Å². The maximum atomic E-state index is 13.2. The third-order valence-electron chi connectivity index (χ3n) is 6.68. The molecular weight excluding hydrogens is 572 g/mol. The number of nitrogens with zero attached hydrogens (tertiary/aromatic N) is 4. The van der Waals surface area contributed by atoms with Crippen LogP contribution in [0, 0.1) is 13.8 Å². The number of halogens is 1. The first kappa shape index (κ1) is 27.1. The van der Waals surface area contributed by atoms with E-state index >= 15 is 0 Å². The number of aromatic nitrogens is 3. The highest BCUT2D eigenvalue weighted by Crippen LogP contribution is 2.23. The Morgan fingerprint density at radius 2 is 1.77 bits per heavy atom. The summed E-state index contributed by atoms with van der Waals surface area (Å²) in [6.07, 6.45) is 2.28. The molecule has 0 radical (unpaired) electrons. The Kier molecular flexibility index (Phi) is 7.66. The van der Waals surface area contributed by atoms with E-state index in [-0.39, 0.29) is 11.1 Å². The number of carboxylic acid groups (broad SMARTS) is 1. The molecule has 0 atom stereocenters. The van der Waals surface area contributed by atoms with Crippen molar-refractivity contribution in [2.24, 2.45) is 5.10 Å². The van der Waals surface area contributed by atoms with Crippen molar-refractivity contribution in [1.29, 1.82) is 0 Å². The summed E-state index contributed by atoms with van der Waals surface area (Å²) in [5, 5.41) is 14.1. The van der Waals surface area contributed by atoms with Crippen LogP contribution in [0.2, 0.25) is 0 Å². The molecule has 0 amide bonds. The van der Waals surface area contributed by atoms with Gasteiger partial charge in [0.25, 0.3) is 5.56 Å². The van der Waals surface area contributed by atoms with Gasteiger partial charge in [-0.1, -0.05) is 35.0 Å². The lowest BCUT2D eigenvalue weighted by Crippen LogP contribution is -2.22. The van der Waals surface area contributed by atoms with Gasteiger partial charge in [-0.05, 0) is 80.1 Å². The highest BCUT2D eigenvalue weighted by molar-refractivity contribution is 9.10. The minimum Gasteiger partial charge on any atom is -0.489 e. The molecule has 0 unspecified atom stereocenters. The van der Waals surface area contributed by atoms with Gasteiger partial charge in [-0.3, -0.25) is 4.79 Å². The van der Waals surface area contributed by atoms with Crippen LogP contribution in [0.4, 0.5) is 0 Å². The molecule has 0 fully saturated rings. The lowest BCUT2D eigenvalue weighted by Gasteiger charge is -2.12. The second-order valence-electron chi connectivity index (χ2n) is 9.35. The number of hydrogen-bond donors (Lipinski definition) is 1. The van der Waals surface area contributed by atoms with Gasteiger partial charge in [-0.15, -0.1) is 0 Å². The van der Waals surface area contributed by atoms with Crippen molar-refractivity contribution in [2.45, 2.75) is 33.8 Å². The number of fused-ring (bicyclic) bond motifs is 1. The SMILES string of the molecule is CCc1nc2ccc(Br)cc2c(=O)n1N=Cc1cc(C)n(-c2ccc(OCc3ccc(C(=O)O)cc3)cc2)c1C. The maximum Gasteiger partial charge on any atom is 0.335 e. The van der Waals surface area contributed by atoms with E-state index in [2.05, 4.69) is 30.6 Å². The van der Waals surface area contributed by atoms with Gasteiger partial charge in [0.2, 0.25) is 0 Å². The number of aromatic carboxylic acids is 1. The number of carboxylic acids is 1. The topological polar surface area (TPSA) is 98.7 Å². The van der Waals surface area contributed by atoms with Crippen LogP contribution < -0.4 is 10.3 Å². The molecule has 8 nitrogen and oxygen atoms in total. The van der Waals surface area contributed by atoms with Gasteiger partial charge in [0, 0.05) is 33.5 Å². The minimum atomic E-state index is -0.952. The van der Waals surface area contributed by atoms with E-state index in [1.807, 2.05) is 63.2 Å². The van der Waals surface area contributed by atoms with Crippen molar-refractivity contribution >= 4 is 39.0 Å². The van der Waals surface area contributed by atoms with Crippen molar-refractivity contribution in [2.75, 3.05) is 0 Å². The van der Waals surface area contributed by atoms with Crippen LogP contribution in [0.1, 0.15) is 45.6 Å². The van der Waals surface area contributed by atoms with Gasteiger partial charge >= 0.3 is 5.97 Å². The molecule has 5 rings (SSSR count). The second kappa shape index (κ2) is 11.3. The van der Waals surface area contributed by atoms with Crippen LogP contribution in [0.25, 0.3) is 16.6 Å².